The summed E-state index contributed by atoms with van der Waals surface area (Å²) in [7, 11) is 1.73. The molecule has 1 rings (SSSR count). The van der Waals surface area contributed by atoms with Crippen LogP contribution in [0.15, 0.2) is 0 Å². The molecule has 4 nitrogen and oxygen atoms in total. The van der Waals surface area contributed by atoms with Crippen molar-refractivity contribution in [1.29, 1.82) is 0 Å². The van der Waals surface area contributed by atoms with Crippen molar-refractivity contribution in [2.45, 2.75) is 0 Å². The summed E-state index contributed by atoms with van der Waals surface area (Å²) < 4.78 is 48.7. The normalized spacial score (nSPS) is 10.1. The molecule has 0 saturated heterocycles. The van der Waals surface area contributed by atoms with Gasteiger partial charge in [-0.05, 0) is 0 Å². The van der Waals surface area contributed by atoms with Crippen LogP contribution in [0.5, 0.6) is 0 Å². The van der Waals surface area contributed by atoms with Crippen molar-refractivity contribution in [1.82, 2.24) is 0 Å². The van der Waals surface area contributed by atoms with Gasteiger partial charge in [-0.25, -0.2) is 22.8 Å². The fourth-order valence-electron chi connectivity index (χ4n) is 1.19. The fraction of sp³-hybridized carbons (Fsp3) is 0.200. The molecule has 1 aromatic carbocycles. The van der Waals surface area contributed by atoms with Gasteiger partial charge in [0, 0.05) is 0 Å². The maximum absolute atomic E-state index is 13.6. The first-order valence-electron chi connectivity index (χ1n) is 4.39. The van der Waals surface area contributed by atoms with Crippen LogP contribution in [0.4, 0.5) is 13.2 Å². The highest BCUT2D eigenvalue weighted by Crippen LogP contribution is 2.30. The van der Waals surface area contributed by atoms with E-state index in [0.717, 1.165) is 14.2 Å². The van der Waals surface area contributed by atoms with Crippen molar-refractivity contribution in [3.8, 4) is 0 Å². The van der Waals surface area contributed by atoms with E-state index in [1.807, 2.05) is 0 Å². The Labute approximate surface area is 104 Å². The van der Waals surface area contributed by atoms with Gasteiger partial charge < -0.3 is 9.47 Å². The van der Waals surface area contributed by atoms with Crippen LogP contribution >= 0.6 is 11.6 Å². The lowest BCUT2D eigenvalue weighted by Gasteiger charge is -2.09. The number of benzene rings is 1. The van der Waals surface area contributed by atoms with Crippen molar-refractivity contribution in [3.63, 3.8) is 0 Å². The largest absolute Gasteiger partial charge is 0.465 e. The van der Waals surface area contributed by atoms with E-state index in [1.165, 1.54) is 0 Å². The molecule has 0 bridgehead atoms. The summed E-state index contributed by atoms with van der Waals surface area (Å²) in [6, 6.07) is 0. The standard InChI is InChI=1S/C10H6ClF3O4/c1-17-9(15)3-5(11)6(12)4(10(16)18-2)8(14)7(3)13/h1-2H3. The number of esters is 2. The molecule has 0 fully saturated rings. The van der Waals surface area contributed by atoms with Crippen molar-refractivity contribution >= 4 is 23.5 Å². The van der Waals surface area contributed by atoms with Crippen molar-refractivity contribution in [2.75, 3.05) is 14.2 Å². The van der Waals surface area contributed by atoms with E-state index < -0.39 is 45.5 Å². The van der Waals surface area contributed by atoms with E-state index in [1.54, 1.807) is 0 Å². The number of halogens is 4. The van der Waals surface area contributed by atoms with Gasteiger partial charge in [0.25, 0.3) is 0 Å². The fourth-order valence-corrected chi connectivity index (χ4v) is 1.45. The third-order valence-corrected chi connectivity index (χ3v) is 2.40. The maximum atomic E-state index is 13.6. The third-order valence-electron chi connectivity index (χ3n) is 2.04. The van der Waals surface area contributed by atoms with E-state index in [4.69, 9.17) is 11.6 Å². The minimum Gasteiger partial charge on any atom is -0.465 e. The van der Waals surface area contributed by atoms with Gasteiger partial charge in [0.1, 0.15) is 11.1 Å². The molecule has 98 valence electrons. The minimum absolute atomic E-state index is 0.848. The van der Waals surface area contributed by atoms with E-state index in [9.17, 15) is 22.8 Å². The Kier molecular flexibility index (Phi) is 4.18. The molecule has 0 spiro atoms. The van der Waals surface area contributed by atoms with Gasteiger partial charge in [0.15, 0.2) is 17.5 Å². The van der Waals surface area contributed by atoms with Crippen LogP contribution < -0.4 is 0 Å². The molecule has 0 radical (unpaired) electrons. The van der Waals surface area contributed by atoms with Gasteiger partial charge in [-0.15, -0.1) is 0 Å². The van der Waals surface area contributed by atoms with Crippen molar-refractivity contribution in [2.24, 2.45) is 0 Å². The van der Waals surface area contributed by atoms with Gasteiger partial charge in [-0.3, -0.25) is 0 Å². The average molecular weight is 283 g/mol. The SMILES string of the molecule is COC(=O)c1c(F)c(F)c(C(=O)OC)c(Cl)c1F. The van der Waals surface area contributed by atoms with Crippen LogP contribution in [0.2, 0.25) is 5.02 Å². The summed E-state index contributed by atoms with van der Waals surface area (Å²) in [4.78, 5) is 22.2. The van der Waals surface area contributed by atoms with E-state index in [2.05, 4.69) is 9.47 Å². The highest BCUT2D eigenvalue weighted by Gasteiger charge is 2.32. The summed E-state index contributed by atoms with van der Waals surface area (Å²) in [6.07, 6.45) is 0. The first kappa shape index (κ1) is 14.3. The van der Waals surface area contributed by atoms with Crippen LogP contribution in [-0.4, -0.2) is 26.2 Å². The molecule has 18 heavy (non-hydrogen) atoms. The van der Waals surface area contributed by atoms with Crippen LogP contribution in [-0.2, 0) is 9.47 Å². The smallest absolute Gasteiger partial charge is 0.344 e. The molecule has 0 atom stereocenters. The highest BCUT2D eigenvalue weighted by molar-refractivity contribution is 6.34. The van der Waals surface area contributed by atoms with Gasteiger partial charge in [-0.2, -0.15) is 0 Å². The zero-order valence-corrected chi connectivity index (χ0v) is 9.90. The number of methoxy groups -OCH3 is 2. The average Bonchev–Trinajstić information content (AvgIpc) is 2.36. The molecule has 0 aliphatic carbocycles. The van der Waals surface area contributed by atoms with E-state index in [0.29, 0.717) is 0 Å². The molecule has 0 N–H and O–H groups in total. The Balaban J connectivity index is 3.66. The quantitative estimate of drug-likeness (QED) is 0.617. The first-order chi connectivity index (χ1) is 8.36. The minimum atomic E-state index is -1.87. The second-order valence-electron chi connectivity index (χ2n) is 2.99. The molecular formula is C10H6ClF3O4. The summed E-state index contributed by atoms with van der Waals surface area (Å²) in [5.74, 6) is -8.07. The Morgan fingerprint density at radius 1 is 0.889 bits per heavy atom. The summed E-state index contributed by atoms with van der Waals surface area (Å²) in [5.41, 5.74) is -2.44. The number of carbonyl (C=O) groups is 2. The molecule has 0 aliphatic rings. The molecule has 0 saturated carbocycles. The van der Waals surface area contributed by atoms with E-state index >= 15 is 0 Å². The Hall–Kier alpha value is -1.76. The second kappa shape index (κ2) is 5.26. The Morgan fingerprint density at radius 2 is 1.28 bits per heavy atom. The molecule has 8 heteroatoms. The van der Waals surface area contributed by atoms with Gasteiger partial charge in [0.05, 0.1) is 19.2 Å². The summed E-state index contributed by atoms with van der Waals surface area (Å²) in [5, 5.41) is -1.05. The topological polar surface area (TPSA) is 52.6 Å². The van der Waals surface area contributed by atoms with Crippen LogP contribution in [0.1, 0.15) is 20.7 Å². The van der Waals surface area contributed by atoms with Gasteiger partial charge >= 0.3 is 11.9 Å². The molecule has 0 heterocycles. The molecule has 1 aromatic rings. The van der Waals surface area contributed by atoms with Crippen molar-refractivity contribution < 1.29 is 32.2 Å². The maximum Gasteiger partial charge on any atom is 0.344 e. The monoisotopic (exact) mass is 282 g/mol. The lowest BCUT2D eigenvalue weighted by Crippen LogP contribution is -2.16. The Bertz CT molecular complexity index is 454. The lowest BCUT2D eigenvalue weighted by atomic mass is 10.1. The summed E-state index contributed by atoms with van der Waals surface area (Å²) in [6.45, 7) is 0. The molecule has 0 aromatic heterocycles. The van der Waals surface area contributed by atoms with E-state index in [-0.39, 0.29) is 0 Å². The summed E-state index contributed by atoms with van der Waals surface area (Å²) >= 11 is 5.36. The van der Waals surface area contributed by atoms with Crippen LogP contribution in [0.3, 0.4) is 0 Å². The highest BCUT2D eigenvalue weighted by atomic mass is 35.5. The molecule has 0 unspecified atom stereocenters. The first-order valence-corrected chi connectivity index (χ1v) is 4.77. The Morgan fingerprint density at radius 3 is 1.72 bits per heavy atom. The number of hydrogen-bond donors (Lipinski definition) is 0. The lowest BCUT2D eigenvalue weighted by molar-refractivity contribution is 0.0570. The number of ether oxygens (including phenoxy) is 2. The number of carbonyl (C=O) groups excluding carboxylic acids is 2. The zero-order valence-electron chi connectivity index (χ0n) is 9.14. The second-order valence-corrected chi connectivity index (χ2v) is 3.37. The molecule has 0 aliphatic heterocycles. The predicted octanol–water partition coefficient (Wildman–Crippen LogP) is 2.33. The van der Waals surface area contributed by atoms with Crippen molar-refractivity contribution in [3.05, 3.63) is 33.6 Å². The third kappa shape index (κ3) is 2.13. The number of rotatable bonds is 2. The van der Waals surface area contributed by atoms with Gasteiger partial charge in [-0.1, -0.05) is 11.6 Å². The zero-order chi connectivity index (χ0) is 14.0. The molecule has 0 amide bonds. The number of hydrogen-bond acceptors (Lipinski definition) is 4. The van der Waals surface area contributed by atoms with Crippen LogP contribution in [0, 0.1) is 17.5 Å². The molecular weight excluding hydrogens is 277 g/mol. The predicted molar refractivity (Wildman–Crippen MR) is 54.0 cm³/mol. The van der Waals surface area contributed by atoms with Gasteiger partial charge in [0.2, 0.25) is 0 Å². The van der Waals surface area contributed by atoms with Crippen LogP contribution in [0.25, 0.3) is 0 Å².